The normalized spacial score (nSPS) is 12.3. The number of hydrogen-bond donors (Lipinski definition) is 0. The minimum absolute atomic E-state index is 0.567. The highest BCUT2D eigenvalue weighted by Gasteiger charge is 2.24. The van der Waals surface area contributed by atoms with E-state index >= 15 is 0 Å². The van der Waals surface area contributed by atoms with Gasteiger partial charge in [0.2, 0.25) is 0 Å². The van der Waals surface area contributed by atoms with Crippen LogP contribution in [-0.4, -0.2) is 0 Å². The summed E-state index contributed by atoms with van der Waals surface area (Å²) in [4.78, 5) is 0. The first-order valence-corrected chi connectivity index (χ1v) is 20.1. The second-order valence-corrected chi connectivity index (χ2v) is 15.2. The summed E-state index contributed by atoms with van der Waals surface area (Å²) < 4.78 is 2.49. The molecule has 0 saturated carbocycles. The van der Waals surface area contributed by atoms with E-state index in [0.717, 1.165) is 38.6 Å². The topological polar surface area (TPSA) is 23.8 Å². The van der Waals surface area contributed by atoms with Crippen molar-refractivity contribution in [3.05, 3.63) is 199 Å². The van der Waals surface area contributed by atoms with Crippen LogP contribution in [0.2, 0.25) is 0 Å². The van der Waals surface area contributed by atoms with Gasteiger partial charge >= 0.3 is 0 Å². The van der Waals surface area contributed by atoms with E-state index in [2.05, 4.69) is 178 Å². The number of allylic oxidation sites excluding steroid dienone is 6. The number of fused-ring (bicyclic) bond motifs is 6. The standard InChI is InChI=1S/C55H39NS/c1-5-19-37(34-56)38(7-3)53-39(8-4)40(20-6-2)54(46-28-17-16-27-45(46)53)48-30-18-29-47-49-33-36(31-32-50(49)57-55(47)48)52-43-25-14-12-23-41(43)51(35-21-10-9-11-22-35)42-24-13-15-26-44(42)52/h5-33H,1,4H2,2-3H3/b20-6-,37-19-,38-7+. The quantitative estimate of drug-likeness (QED) is 0.0863. The summed E-state index contributed by atoms with van der Waals surface area (Å²) in [7, 11) is 0. The summed E-state index contributed by atoms with van der Waals surface area (Å²) >= 11 is 1.85. The Labute approximate surface area is 337 Å². The lowest BCUT2D eigenvalue weighted by atomic mass is 9.81. The van der Waals surface area contributed by atoms with Gasteiger partial charge in [-0.05, 0) is 114 Å². The van der Waals surface area contributed by atoms with Gasteiger partial charge in [0.05, 0.1) is 11.6 Å². The van der Waals surface area contributed by atoms with Crippen molar-refractivity contribution in [2.75, 3.05) is 0 Å². The third-order valence-corrected chi connectivity index (χ3v) is 12.4. The molecule has 57 heavy (non-hydrogen) atoms. The van der Waals surface area contributed by atoms with Gasteiger partial charge in [-0.15, -0.1) is 11.3 Å². The molecule has 0 saturated heterocycles. The minimum Gasteiger partial charge on any atom is -0.192 e. The maximum absolute atomic E-state index is 10.3. The molecule has 0 atom stereocenters. The molecule has 0 aliphatic heterocycles. The van der Waals surface area contributed by atoms with Crippen molar-refractivity contribution >= 4 is 81.6 Å². The van der Waals surface area contributed by atoms with Crippen molar-refractivity contribution < 1.29 is 0 Å². The Bertz CT molecular complexity index is 3180. The number of thiophene rings is 1. The van der Waals surface area contributed by atoms with Crippen LogP contribution in [0.4, 0.5) is 0 Å². The number of hydrogen-bond acceptors (Lipinski definition) is 2. The van der Waals surface area contributed by atoms with E-state index in [0.29, 0.717) is 5.57 Å². The Balaban J connectivity index is 1.32. The Hall–Kier alpha value is -7.05. The van der Waals surface area contributed by atoms with E-state index in [1.165, 1.54) is 69.5 Å². The zero-order valence-corrected chi connectivity index (χ0v) is 32.8. The van der Waals surface area contributed by atoms with Gasteiger partial charge in [0.15, 0.2) is 0 Å². The summed E-state index contributed by atoms with van der Waals surface area (Å²) in [5.74, 6) is 0. The average Bonchev–Trinajstić information content (AvgIpc) is 3.64. The summed E-state index contributed by atoms with van der Waals surface area (Å²) in [6.07, 6.45) is 11.7. The third-order valence-electron chi connectivity index (χ3n) is 11.1. The molecule has 1 heterocycles. The molecule has 8 aromatic carbocycles. The monoisotopic (exact) mass is 745 g/mol. The van der Waals surface area contributed by atoms with Crippen molar-refractivity contribution in [3.63, 3.8) is 0 Å². The van der Waals surface area contributed by atoms with Crippen molar-refractivity contribution in [1.82, 2.24) is 0 Å². The SMILES string of the molecule is C=C/C=C(C#N)\C(=C/C)c1c(C=C)c(/C=C\C)c(-c2cccc3c2sc2ccc(-c4c5ccccc5c(-c5ccccc5)c5ccccc45)cc23)c2ccccc12. The largest absolute Gasteiger partial charge is 0.192 e. The van der Waals surface area contributed by atoms with Crippen molar-refractivity contribution in [2.45, 2.75) is 13.8 Å². The molecular formula is C55H39NS. The maximum Gasteiger partial charge on any atom is 0.0998 e. The average molecular weight is 746 g/mol. The maximum atomic E-state index is 10.3. The van der Waals surface area contributed by atoms with Crippen LogP contribution in [0.5, 0.6) is 0 Å². The van der Waals surface area contributed by atoms with Gasteiger partial charge in [-0.1, -0.05) is 171 Å². The number of rotatable bonds is 8. The Morgan fingerprint density at radius 1 is 0.579 bits per heavy atom. The van der Waals surface area contributed by atoms with Gasteiger partial charge in [0, 0.05) is 25.7 Å². The Morgan fingerprint density at radius 2 is 1.16 bits per heavy atom. The molecule has 1 nitrogen and oxygen atoms in total. The summed E-state index contributed by atoms with van der Waals surface area (Å²) in [5, 5.41) is 19.9. The lowest BCUT2D eigenvalue weighted by molar-refractivity contribution is 1.48. The van der Waals surface area contributed by atoms with Crippen LogP contribution in [0.3, 0.4) is 0 Å². The molecule has 9 rings (SSSR count). The van der Waals surface area contributed by atoms with Gasteiger partial charge in [-0.2, -0.15) is 5.26 Å². The minimum atomic E-state index is 0.567. The van der Waals surface area contributed by atoms with E-state index in [-0.39, 0.29) is 0 Å². The van der Waals surface area contributed by atoms with Crippen LogP contribution in [-0.2, 0) is 0 Å². The molecule has 2 heteroatoms. The fourth-order valence-corrected chi connectivity index (χ4v) is 10.1. The molecule has 270 valence electrons. The molecular weight excluding hydrogens is 707 g/mol. The predicted octanol–water partition coefficient (Wildman–Crippen LogP) is 16.2. The van der Waals surface area contributed by atoms with Gasteiger partial charge in [-0.25, -0.2) is 0 Å². The lowest BCUT2D eigenvalue weighted by Crippen LogP contribution is -2.00. The number of nitriles is 1. The van der Waals surface area contributed by atoms with Gasteiger partial charge < -0.3 is 0 Å². The molecule has 1 aromatic heterocycles. The first-order chi connectivity index (χ1) is 28.1. The van der Waals surface area contributed by atoms with E-state index in [1.54, 1.807) is 12.2 Å². The zero-order valence-electron chi connectivity index (χ0n) is 32.0. The molecule has 0 amide bonds. The molecule has 0 aliphatic rings. The van der Waals surface area contributed by atoms with Gasteiger partial charge in [0.25, 0.3) is 0 Å². The summed E-state index contributed by atoms with van der Waals surface area (Å²) in [6, 6.07) is 53.2. The van der Waals surface area contributed by atoms with Crippen LogP contribution in [0.15, 0.2) is 183 Å². The number of nitrogens with zero attached hydrogens (tertiary/aromatic N) is 1. The van der Waals surface area contributed by atoms with E-state index in [9.17, 15) is 5.26 Å². The fraction of sp³-hybridized carbons (Fsp3) is 0.0364. The Morgan fingerprint density at radius 3 is 1.74 bits per heavy atom. The first kappa shape index (κ1) is 35.6. The van der Waals surface area contributed by atoms with Crippen LogP contribution < -0.4 is 0 Å². The van der Waals surface area contributed by atoms with Crippen LogP contribution in [0.1, 0.15) is 30.5 Å². The molecule has 0 N–H and O–H groups in total. The number of benzene rings is 8. The molecule has 0 bridgehead atoms. The van der Waals surface area contributed by atoms with Crippen LogP contribution >= 0.6 is 11.3 Å². The van der Waals surface area contributed by atoms with Crippen LogP contribution in [0, 0.1) is 11.3 Å². The fourth-order valence-electron chi connectivity index (χ4n) is 8.86. The van der Waals surface area contributed by atoms with Crippen molar-refractivity contribution in [1.29, 1.82) is 5.26 Å². The molecule has 0 spiro atoms. The van der Waals surface area contributed by atoms with Gasteiger partial charge in [-0.3, -0.25) is 0 Å². The van der Waals surface area contributed by atoms with Crippen molar-refractivity contribution in [3.8, 4) is 39.4 Å². The predicted molar refractivity (Wildman–Crippen MR) is 250 cm³/mol. The highest BCUT2D eigenvalue weighted by molar-refractivity contribution is 7.26. The second-order valence-electron chi connectivity index (χ2n) is 14.2. The summed E-state index contributed by atoms with van der Waals surface area (Å²) in [6.45, 7) is 12.3. The molecule has 0 fully saturated rings. The van der Waals surface area contributed by atoms with Crippen molar-refractivity contribution in [2.24, 2.45) is 0 Å². The van der Waals surface area contributed by atoms with E-state index in [1.807, 2.05) is 30.4 Å². The highest BCUT2D eigenvalue weighted by Crippen LogP contribution is 2.49. The second kappa shape index (κ2) is 14.9. The molecule has 0 unspecified atom stereocenters. The molecule has 0 aliphatic carbocycles. The first-order valence-electron chi connectivity index (χ1n) is 19.3. The zero-order chi connectivity index (χ0) is 39.0. The van der Waals surface area contributed by atoms with Crippen LogP contribution in [0.25, 0.3) is 104 Å². The smallest absolute Gasteiger partial charge is 0.0998 e. The van der Waals surface area contributed by atoms with E-state index < -0.39 is 0 Å². The lowest BCUT2D eigenvalue weighted by Gasteiger charge is -2.22. The summed E-state index contributed by atoms with van der Waals surface area (Å²) in [5.41, 5.74) is 11.8. The van der Waals surface area contributed by atoms with Gasteiger partial charge in [0.1, 0.15) is 0 Å². The highest BCUT2D eigenvalue weighted by atomic mass is 32.1. The Kier molecular flexibility index (Phi) is 9.31. The van der Waals surface area contributed by atoms with E-state index in [4.69, 9.17) is 0 Å². The molecule has 9 aromatic rings. The molecule has 0 radical (unpaired) electrons. The third kappa shape index (κ3) is 5.75.